The Morgan fingerprint density at radius 2 is 0.531 bits per heavy atom. The Morgan fingerprint density at radius 3 is 0.785 bits per heavy atom. The molecule has 734 valence electrons. The highest BCUT2D eigenvalue weighted by Gasteiger charge is 2.36. The van der Waals surface area contributed by atoms with Gasteiger partial charge in [-0.05, 0) is 217 Å². The molecule has 0 saturated carbocycles. The minimum Gasteiger partial charge on any atom is -0.481 e. The van der Waals surface area contributed by atoms with Gasteiger partial charge in [0.15, 0.2) is 33.2 Å². The van der Waals surface area contributed by atoms with Gasteiger partial charge in [-0.25, -0.2) is 0 Å². The number of aliphatic carboxylic acids is 3. The number of azo groups is 3. The molecule has 9 unspecified atom stereocenters. The van der Waals surface area contributed by atoms with Crippen molar-refractivity contribution in [1.29, 1.82) is 31.6 Å². The average Bonchev–Trinajstić information content (AvgIpc) is 0.830. The van der Waals surface area contributed by atoms with Crippen LogP contribution in [-0.2, 0) is 57.4 Å². The zero-order valence-corrected chi connectivity index (χ0v) is 82.4. The smallest absolute Gasteiger partial charge is 0.306 e. The summed E-state index contributed by atoms with van der Waals surface area (Å²) in [5, 5.41) is 117. The van der Waals surface area contributed by atoms with E-state index in [-0.39, 0.29) is 113 Å². The Balaban J connectivity index is 5.77. The highest BCUT2D eigenvalue weighted by Crippen LogP contribution is 2.32. The van der Waals surface area contributed by atoms with Gasteiger partial charge >= 0.3 is 35.8 Å². The molecule has 0 heterocycles. The predicted octanol–water partition coefficient (Wildman–Crippen LogP) is 23.7. The Labute approximate surface area is 781 Å². The number of amides is 3. The zero-order valence-electron chi connectivity index (χ0n) is 82.4. The van der Waals surface area contributed by atoms with Gasteiger partial charge in [0.25, 0.3) is 0 Å². The molecule has 0 spiro atoms. The molecule has 0 aliphatic carbocycles. The molecule has 30 nitrogen and oxygen atoms in total. The lowest BCUT2D eigenvalue weighted by Gasteiger charge is -2.41. The molecular formula is C100H169N15O15. The van der Waals surface area contributed by atoms with Gasteiger partial charge in [0, 0.05) is 82.0 Å². The minimum absolute atomic E-state index is 0.0214. The molecule has 3 amide bonds. The zero-order chi connectivity index (χ0) is 97.7. The number of hydrogen-bond donors (Lipinski definition) is 5. The maximum Gasteiger partial charge on any atom is 0.306 e. The van der Waals surface area contributed by atoms with Crippen molar-refractivity contribution >= 4 is 53.5 Å². The van der Waals surface area contributed by atoms with Crippen molar-refractivity contribution in [3.63, 3.8) is 0 Å². The van der Waals surface area contributed by atoms with Crippen LogP contribution in [0.15, 0.2) is 30.7 Å². The number of carboxylic acid groups (broad SMARTS) is 3. The summed E-state index contributed by atoms with van der Waals surface area (Å²) in [5.41, 5.74) is -9.69. The van der Waals surface area contributed by atoms with Crippen LogP contribution in [0.5, 0.6) is 0 Å². The second kappa shape index (κ2) is 69.8. The number of nitriles is 6. The van der Waals surface area contributed by atoms with Gasteiger partial charge in [-0.2, -0.15) is 62.3 Å². The van der Waals surface area contributed by atoms with Gasteiger partial charge < -0.3 is 45.1 Å². The number of carbonyl (C=O) groups is 9. The number of ether oxygens (including phenoxy) is 3. The number of nitrogens with zero attached hydrogens (tertiary/aromatic N) is 13. The maximum absolute atomic E-state index is 14.5. The van der Waals surface area contributed by atoms with E-state index in [9.17, 15) is 74.7 Å². The largest absolute Gasteiger partial charge is 0.481 e. The molecule has 0 aliphatic heterocycles. The second-order valence-corrected chi connectivity index (χ2v) is 38.7. The van der Waals surface area contributed by atoms with Gasteiger partial charge in [0.2, 0.25) is 17.7 Å². The molecular weight excluding hydrogens is 1650 g/mol. The molecule has 0 saturated heterocycles. The van der Waals surface area contributed by atoms with Crippen molar-refractivity contribution in [2.24, 2.45) is 30.7 Å². The lowest BCUT2D eigenvalue weighted by molar-refractivity contribution is -0.151. The molecule has 0 aromatic rings. The molecule has 0 bridgehead atoms. The van der Waals surface area contributed by atoms with Crippen molar-refractivity contribution in [3.8, 4) is 36.4 Å². The molecule has 0 aromatic heterocycles. The van der Waals surface area contributed by atoms with Crippen LogP contribution in [0.1, 0.15) is 469 Å². The predicted molar refractivity (Wildman–Crippen MR) is 502 cm³/mol. The van der Waals surface area contributed by atoms with Crippen LogP contribution in [-0.4, -0.2) is 149 Å². The number of unbranched alkanes of at least 4 members (excludes halogenated alkanes) is 30. The lowest BCUT2D eigenvalue weighted by Crippen LogP contribution is -2.52. The van der Waals surface area contributed by atoms with Crippen molar-refractivity contribution in [2.45, 2.75) is 531 Å². The number of esters is 3. The number of rotatable bonds is 83. The van der Waals surface area contributed by atoms with Crippen LogP contribution in [0, 0.1) is 68.0 Å². The van der Waals surface area contributed by atoms with Crippen LogP contribution in [0.4, 0.5) is 0 Å². The van der Waals surface area contributed by atoms with E-state index in [0.29, 0.717) is 45.2 Å². The topological polar surface area (TPSA) is 486 Å². The van der Waals surface area contributed by atoms with Gasteiger partial charge in [-0.1, -0.05) is 194 Å². The normalized spacial score (nSPS) is 15.2. The number of carbonyl (C=O) groups excluding carboxylic acids is 6. The number of nitrogens with one attached hydrogen (secondary N) is 2. The molecule has 0 radical (unpaired) electrons. The van der Waals surface area contributed by atoms with Gasteiger partial charge in [0.1, 0.15) is 18.3 Å². The van der Waals surface area contributed by atoms with E-state index in [1.54, 1.807) is 0 Å². The summed E-state index contributed by atoms with van der Waals surface area (Å²) >= 11 is 0. The first-order valence-corrected chi connectivity index (χ1v) is 49.6. The standard InChI is InChI=1S/C100H169N15O15/c1-14-17-20-41-50-81(128-90(125)62-68-98(11,78-104)112-109-95(8,75-101)65-59-87(119)120)53-44-35-29-23-26-32-38-47-56-84(116)107-73-71-94(6,7)115(86(118)58-49-40-34-28-25-31-37-46-55-83(52-43-22-19-16-3)130-92(127)64-70-100(13,80-106)114-111-97(10,77-103)67-61-89(123)124)74-72-93(4,5)108-85(117)57-48-39-33-27-24-30-36-45-54-82(51-42-21-18-15-2)129-91(126)63-69-99(12,79-105)113-110-96(9,76-102)66-60-88(121)122/h81-83H,14-74H2,1-13H3,(H,107,116)(H,108,117)(H,119,120)(H,121,122)(H,123,124). The average molecular weight is 1820 g/mol. The second-order valence-electron chi connectivity index (χ2n) is 38.7. The van der Waals surface area contributed by atoms with Gasteiger partial charge in [0.05, 0.1) is 36.4 Å². The van der Waals surface area contributed by atoms with Crippen LogP contribution < -0.4 is 10.6 Å². The Hall–Kier alpha value is -9.03. The van der Waals surface area contributed by atoms with Gasteiger partial charge in [-0.3, -0.25) is 43.2 Å². The van der Waals surface area contributed by atoms with Crippen LogP contribution in [0.3, 0.4) is 0 Å². The maximum atomic E-state index is 14.5. The molecule has 5 N–H and O–H groups in total. The van der Waals surface area contributed by atoms with Crippen molar-refractivity contribution in [2.75, 3.05) is 13.1 Å². The third-order valence-corrected chi connectivity index (χ3v) is 24.4. The van der Waals surface area contributed by atoms with E-state index in [0.717, 1.165) is 270 Å². The van der Waals surface area contributed by atoms with Crippen molar-refractivity contribution in [3.05, 3.63) is 0 Å². The van der Waals surface area contributed by atoms with E-state index >= 15 is 0 Å². The van der Waals surface area contributed by atoms with Crippen LogP contribution in [0.25, 0.3) is 0 Å². The Bertz CT molecular complexity index is 3650. The molecule has 0 rings (SSSR count). The first-order valence-electron chi connectivity index (χ1n) is 49.6. The first-order chi connectivity index (χ1) is 61.6. The highest BCUT2D eigenvalue weighted by molar-refractivity contribution is 5.78. The fourth-order valence-corrected chi connectivity index (χ4v) is 15.1. The summed E-state index contributed by atoms with van der Waals surface area (Å²) in [6.45, 7) is 24.3. The third kappa shape index (κ3) is 62.3. The lowest BCUT2D eigenvalue weighted by atomic mass is 9.93. The summed E-state index contributed by atoms with van der Waals surface area (Å²) in [6, 6.07) is 12.2. The van der Waals surface area contributed by atoms with E-state index in [1.165, 1.54) is 41.5 Å². The summed E-state index contributed by atoms with van der Waals surface area (Å²) in [5.74, 6) is -4.48. The van der Waals surface area contributed by atoms with Crippen LogP contribution in [0.2, 0.25) is 0 Å². The van der Waals surface area contributed by atoms with E-state index in [4.69, 9.17) is 29.5 Å². The first kappa shape index (κ1) is 121. The molecule has 0 fully saturated rings. The summed E-state index contributed by atoms with van der Waals surface area (Å²) in [7, 11) is 0. The molecule has 9 atom stereocenters. The van der Waals surface area contributed by atoms with Crippen molar-refractivity contribution in [1.82, 2.24) is 15.5 Å². The highest BCUT2D eigenvalue weighted by atomic mass is 16.6. The summed E-state index contributed by atoms with van der Waals surface area (Å²) < 4.78 is 18.0. The number of carboxylic acids is 3. The fourth-order valence-electron chi connectivity index (χ4n) is 15.1. The molecule has 0 aliphatic rings. The molecule has 130 heavy (non-hydrogen) atoms. The molecule has 30 heteroatoms. The SMILES string of the molecule is CCCCCCC(CCCCCCCCCCC(=O)NCCC(C)(C)N(CCC(C)(C)NC(=O)CCCCCCCCCCC(CCCCCC)OC(=O)CCC(C)(C#N)N=NC(C)(C#N)CCC(=O)O)C(=O)CCCCCCCCCCC(CCCCCC)OC(=O)CCC(C)(C#N)N=NC(C)(C#N)CCC(=O)O)OC(=O)CCC(C)(C#N)N=NC(C)(C#N)CCC(=O)O. The van der Waals surface area contributed by atoms with Crippen LogP contribution >= 0.6 is 0 Å². The third-order valence-electron chi connectivity index (χ3n) is 24.4. The van der Waals surface area contributed by atoms with E-state index in [2.05, 4.69) is 94.1 Å². The summed E-state index contributed by atoms with van der Waals surface area (Å²) in [6.07, 6.45) is 40.3. The number of hydrogen-bond acceptors (Lipinski definition) is 24. The van der Waals surface area contributed by atoms with Crippen molar-refractivity contribution < 1.29 is 72.7 Å². The minimum atomic E-state index is -1.42. The van der Waals surface area contributed by atoms with E-state index < -0.39 is 80.1 Å². The fraction of sp³-hybridized carbons (Fsp3) is 0.850. The molecule has 0 aromatic carbocycles. The Kier molecular flexibility index (Phi) is 65.0. The monoisotopic (exact) mass is 1820 g/mol. The van der Waals surface area contributed by atoms with Gasteiger partial charge in [-0.15, -0.1) is 0 Å². The summed E-state index contributed by atoms with van der Waals surface area (Å²) in [4.78, 5) is 116. The van der Waals surface area contributed by atoms with E-state index in [1.807, 2.05) is 37.0 Å². The Morgan fingerprint density at radius 1 is 0.300 bits per heavy atom. The quantitative estimate of drug-likeness (QED) is 0.0163.